The first-order valence-electron chi connectivity index (χ1n) is 6.24. The average molecular weight is 277 g/mol. The summed E-state index contributed by atoms with van der Waals surface area (Å²) < 4.78 is 0. The van der Waals surface area contributed by atoms with E-state index in [0.29, 0.717) is 13.0 Å². The Bertz CT molecular complexity index is 252. The number of quaternary nitrogens is 1. The van der Waals surface area contributed by atoms with Gasteiger partial charge in [-0.3, -0.25) is 9.93 Å². The molecule has 6 nitrogen and oxygen atoms in total. The van der Waals surface area contributed by atoms with Crippen LogP contribution in [-0.2, 0) is 9.59 Å². The van der Waals surface area contributed by atoms with Gasteiger partial charge < -0.3 is 16.0 Å². The molecule has 2 amide bonds. The highest BCUT2D eigenvalue weighted by atomic mass is 32.2. The van der Waals surface area contributed by atoms with E-state index in [4.69, 9.17) is 10.9 Å². The molecule has 0 aromatic carbocycles. The van der Waals surface area contributed by atoms with Crippen molar-refractivity contribution in [3.63, 3.8) is 0 Å². The van der Waals surface area contributed by atoms with E-state index in [1.54, 1.807) is 0 Å². The van der Waals surface area contributed by atoms with Crippen molar-refractivity contribution in [2.75, 3.05) is 12.3 Å². The second-order valence-corrected chi connectivity index (χ2v) is 4.87. The van der Waals surface area contributed by atoms with Crippen molar-refractivity contribution >= 4 is 23.8 Å². The predicted octanol–water partition coefficient (Wildman–Crippen LogP) is -0.281. The van der Waals surface area contributed by atoms with Gasteiger partial charge in [-0.2, -0.15) is 0 Å². The lowest BCUT2D eigenvalue weighted by Crippen LogP contribution is -3.10. The van der Waals surface area contributed by atoms with Crippen molar-refractivity contribution in [1.29, 1.82) is 0 Å². The quantitative estimate of drug-likeness (QED) is 0.273. The first kappa shape index (κ1) is 17.4. The van der Waals surface area contributed by atoms with Gasteiger partial charge in [-0.1, -0.05) is 31.2 Å². The standard InChI is InChI=1S/C11H23N3O3S/c12-10(15)7-5-3-1-2-4-6-8-14(17)11(16)9-18-13/h14H,1-9,13H2,(H2,12,15). The topological polar surface area (TPSA) is 114 Å². The fourth-order valence-electron chi connectivity index (χ4n) is 1.59. The number of nitrogens with one attached hydrogen (secondary N) is 1. The van der Waals surface area contributed by atoms with Crippen LogP contribution in [0.25, 0.3) is 0 Å². The minimum absolute atomic E-state index is 0.0753. The fraction of sp³-hybridized carbons (Fsp3) is 0.818. The number of unbranched alkanes of at least 4 members (excludes halogenated alkanes) is 5. The van der Waals surface area contributed by atoms with Crippen molar-refractivity contribution in [1.82, 2.24) is 0 Å². The van der Waals surface area contributed by atoms with Gasteiger partial charge in [0.05, 0.1) is 6.54 Å². The van der Waals surface area contributed by atoms with Crippen LogP contribution >= 0.6 is 11.9 Å². The van der Waals surface area contributed by atoms with E-state index in [1.165, 1.54) is 0 Å². The molecule has 0 aliphatic rings. The number of rotatable bonds is 11. The molecule has 1 atom stereocenters. The molecule has 0 aliphatic heterocycles. The Morgan fingerprint density at radius 3 is 2.17 bits per heavy atom. The number of primary amides is 1. The number of carbonyl (C=O) groups excluding carboxylic acids is 2. The maximum atomic E-state index is 11.3. The van der Waals surface area contributed by atoms with Crippen LogP contribution in [0.5, 0.6) is 0 Å². The first-order chi connectivity index (χ1) is 8.57. The molecule has 0 fully saturated rings. The highest BCUT2D eigenvalue weighted by molar-refractivity contribution is 7.97. The van der Waals surface area contributed by atoms with Crippen LogP contribution in [0.2, 0.25) is 0 Å². The molecule has 0 spiro atoms. The smallest absolute Gasteiger partial charge is 0.323 e. The van der Waals surface area contributed by atoms with Gasteiger partial charge in [-0.15, -0.1) is 0 Å². The van der Waals surface area contributed by atoms with Gasteiger partial charge >= 0.3 is 5.91 Å². The Balaban J connectivity index is 3.29. The van der Waals surface area contributed by atoms with Crippen molar-refractivity contribution in [2.24, 2.45) is 10.9 Å². The molecule has 0 rings (SSSR count). The Morgan fingerprint density at radius 1 is 1.06 bits per heavy atom. The Morgan fingerprint density at radius 2 is 1.61 bits per heavy atom. The summed E-state index contributed by atoms with van der Waals surface area (Å²) in [4.78, 5) is 21.6. The van der Waals surface area contributed by atoms with E-state index < -0.39 is 0 Å². The van der Waals surface area contributed by atoms with Crippen LogP contribution < -0.4 is 15.9 Å². The summed E-state index contributed by atoms with van der Waals surface area (Å²) in [5.41, 5.74) is 5.02. The molecule has 106 valence electrons. The van der Waals surface area contributed by atoms with Gasteiger partial charge in [0.25, 0.3) is 0 Å². The normalized spacial score (nSPS) is 12.3. The van der Waals surface area contributed by atoms with Crippen LogP contribution in [0.4, 0.5) is 0 Å². The third kappa shape index (κ3) is 10.5. The summed E-state index contributed by atoms with van der Waals surface area (Å²) in [5.74, 6) is -0.563. The summed E-state index contributed by atoms with van der Waals surface area (Å²) in [5, 5.41) is 16.1. The maximum absolute atomic E-state index is 11.3. The van der Waals surface area contributed by atoms with E-state index in [9.17, 15) is 14.8 Å². The van der Waals surface area contributed by atoms with E-state index in [0.717, 1.165) is 50.5 Å². The maximum Gasteiger partial charge on any atom is 0.323 e. The van der Waals surface area contributed by atoms with Gasteiger partial charge in [-0.05, 0) is 19.3 Å². The van der Waals surface area contributed by atoms with Crippen LogP contribution in [0.1, 0.15) is 44.9 Å². The first-order valence-corrected chi connectivity index (χ1v) is 7.28. The Kier molecular flexibility index (Phi) is 11.1. The van der Waals surface area contributed by atoms with Crippen LogP contribution in [0, 0.1) is 5.21 Å². The summed E-state index contributed by atoms with van der Waals surface area (Å²) in [6, 6.07) is 0. The van der Waals surface area contributed by atoms with E-state index in [-0.39, 0.29) is 22.6 Å². The van der Waals surface area contributed by atoms with E-state index >= 15 is 0 Å². The number of nitrogens with two attached hydrogens (primary N) is 2. The van der Waals surface area contributed by atoms with Crippen molar-refractivity contribution in [3.05, 3.63) is 5.21 Å². The molecule has 7 heteroatoms. The van der Waals surface area contributed by atoms with Crippen LogP contribution in [-0.4, -0.2) is 24.1 Å². The van der Waals surface area contributed by atoms with Crippen LogP contribution in [0.3, 0.4) is 0 Å². The zero-order valence-electron chi connectivity index (χ0n) is 10.7. The molecule has 1 unspecified atom stereocenters. The van der Waals surface area contributed by atoms with Crippen molar-refractivity contribution in [3.8, 4) is 0 Å². The summed E-state index contributed by atoms with van der Waals surface area (Å²) >= 11 is 0.885. The second-order valence-electron chi connectivity index (χ2n) is 4.24. The Labute approximate surface area is 112 Å². The number of amides is 2. The predicted molar refractivity (Wildman–Crippen MR) is 72.4 cm³/mol. The van der Waals surface area contributed by atoms with Crippen molar-refractivity contribution in [2.45, 2.75) is 44.9 Å². The summed E-state index contributed by atoms with van der Waals surface area (Å²) in [7, 11) is 0. The van der Waals surface area contributed by atoms with Gasteiger partial charge in [0.2, 0.25) is 5.91 Å². The zero-order chi connectivity index (χ0) is 13.8. The summed E-state index contributed by atoms with van der Waals surface area (Å²) in [6.07, 6.45) is 6.00. The van der Waals surface area contributed by atoms with Crippen LogP contribution in [0.15, 0.2) is 0 Å². The minimum Gasteiger partial charge on any atom is -0.627 e. The van der Waals surface area contributed by atoms with Gasteiger partial charge in [0.1, 0.15) is 5.75 Å². The lowest BCUT2D eigenvalue weighted by molar-refractivity contribution is -0.764. The average Bonchev–Trinajstić information content (AvgIpc) is 2.32. The van der Waals surface area contributed by atoms with Gasteiger partial charge in [0.15, 0.2) is 0 Å². The molecule has 0 aliphatic carbocycles. The molecular formula is C11H23N3O3S. The SMILES string of the molecule is NSCC(=O)[NH+]([O-])CCCCCCCCC(N)=O. The molecule has 5 N–H and O–H groups in total. The number of hydrogen-bond acceptors (Lipinski definition) is 5. The highest BCUT2D eigenvalue weighted by Gasteiger charge is 2.09. The lowest BCUT2D eigenvalue weighted by atomic mass is 10.1. The molecule has 0 saturated heterocycles. The molecule has 0 aromatic rings. The number of hydrogen-bond donors (Lipinski definition) is 3. The third-order valence-corrected chi connectivity index (χ3v) is 3.03. The zero-order valence-corrected chi connectivity index (χ0v) is 11.5. The summed E-state index contributed by atoms with van der Waals surface area (Å²) in [6.45, 7) is 0.320. The number of hydroxylamine groups is 2. The second kappa shape index (κ2) is 11.5. The van der Waals surface area contributed by atoms with E-state index in [1.807, 2.05) is 0 Å². The third-order valence-electron chi connectivity index (χ3n) is 2.60. The molecule has 18 heavy (non-hydrogen) atoms. The molecule has 0 aromatic heterocycles. The minimum atomic E-state index is -0.385. The Hall–Kier alpha value is -0.630. The monoisotopic (exact) mass is 277 g/mol. The largest absolute Gasteiger partial charge is 0.627 e. The molecule has 0 saturated carbocycles. The molecule has 0 radical (unpaired) electrons. The molecule has 0 heterocycles. The lowest BCUT2D eigenvalue weighted by Gasteiger charge is -2.18. The van der Waals surface area contributed by atoms with Gasteiger partial charge in [0, 0.05) is 6.42 Å². The fourth-order valence-corrected chi connectivity index (χ4v) is 1.90. The number of carbonyl (C=O) groups is 2. The van der Waals surface area contributed by atoms with E-state index in [2.05, 4.69) is 0 Å². The van der Waals surface area contributed by atoms with Gasteiger partial charge in [-0.25, -0.2) is 4.79 Å². The van der Waals surface area contributed by atoms with Crippen molar-refractivity contribution < 1.29 is 14.7 Å². The highest BCUT2D eigenvalue weighted by Crippen LogP contribution is 2.06. The molecule has 0 bridgehead atoms. The molecular weight excluding hydrogens is 254 g/mol.